The molecule has 0 aliphatic carbocycles. The second-order valence-corrected chi connectivity index (χ2v) is 6.48. The zero-order valence-corrected chi connectivity index (χ0v) is 13.4. The fourth-order valence-corrected chi connectivity index (χ4v) is 3.39. The van der Waals surface area contributed by atoms with Crippen LogP contribution in [0.5, 0.6) is 5.88 Å². The zero-order chi connectivity index (χ0) is 15.4. The van der Waals surface area contributed by atoms with Gasteiger partial charge in [0.05, 0.1) is 16.3 Å². The molecule has 1 unspecified atom stereocenters. The average Bonchev–Trinajstić information content (AvgIpc) is 3.03. The summed E-state index contributed by atoms with van der Waals surface area (Å²) < 4.78 is 5.76. The summed E-state index contributed by atoms with van der Waals surface area (Å²) in [6.45, 7) is 0. The Morgan fingerprint density at radius 1 is 1.32 bits per heavy atom. The van der Waals surface area contributed by atoms with Crippen molar-refractivity contribution in [1.82, 2.24) is 4.98 Å². The number of nitrogens with one attached hydrogen (secondary N) is 1. The van der Waals surface area contributed by atoms with Crippen LogP contribution in [0, 0.1) is 0 Å². The number of carbonyl (C=O) groups is 1. The standard InChI is InChI=1S/C16H15ClN2O2S/c17-13-3-1-2-4-14(13)19-16(20)11-5-6-15(18-9-11)21-12-7-8-22-10-12/h1-6,9,12H,7-8,10H2,(H,19,20). The molecule has 1 atom stereocenters. The van der Waals surface area contributed by atoms with E-state index in [0.29, 0.717) is 22.2 Å². The lowest BCUT2D eigenvalue weighted by Gasteiger charge is -2.11. The lowest BCUT2D eigenvalue weighted by atomic mass is 10.2. The molecule has 1 amide bonds. The fourth-order valence-electron chi connectivity index (χ4n) is 2.12. The first-order valence-electron chi connectivity index (χ1n) is 6.99. The number of amides is 1. The number of thioether (sulfide) groups is 1. The Hall–Kier alpha value is -1.72. The molecule has 2 heterocycles. The Labute approximate surface area is 138 Å². The highest BCUT2D eigenvalue weighted by Crippen LogP contribution is 2.23. The van der Waals surface area contributed by atoms with Crippen molar-refractivity contribution in [1.29, 1.82) is 0 Å². The molecule has 0 bridgehead atoms. The molecule has 0 radical (unpaired) electrons. The number of pyridine rings is 1. The van der Waals surface area contributed by atoms with E-state index in [0.717, 1.165) is 17.9 Å². The van der Waals surface area contributed by atoms with E-state index in [4.69, 9.17) is 16.3 Å². The van der Waals surface area contributed by atoms with E-state index >= 15 is 0 Å². The number of carbonyl (C=O) groups excluding carboxylic acids is 1. The van der Waals surface area contributed by atoms with Crippen LogP contribution in [0.25, 0.3) is 0 Å². The third-order valence-electron chi connectivity index (χ3n) is 3.30. The number of ether oxygens (including phenoxy) is 1. The smallest absolute Gasteiger partial charge is 0.257 e. The van der Waals surface area contributed by atoms with Crippen molar-refractivity contribution in [3.63, 3.8) is 0 Å². The van der Waals surface area contributed by atoms with Gasteiger partial charge < -0.3 is 10.1 Å². The van der Waals surface area contributed by atoms with Gasteiger partial charge in [0.25, 0.3) is 5.91 Å². The van der Waals surface area contributed by atoms with E-state index in [1.54, 1.807) is 24.3 Å². The van der Waals surface area contributed by atoms with E-state index < -0.39 is 0 Å². The van der Waals surface area contributed by atoms with Gasteiger partial charge in [0, 0.05) is 18.0 Å². The number of aromatic nitrogens is 1. The van der Waals surface area contributed by atoms with Crippen LogP contribution in [-0.2, 0) is 0 Å². The first kappa shape index (κ1) is 15.2. The molecule has 6 heteroatoms. The van der Waals surface area contributed by atoms with Gasteiger partial charge in [-0.1, -0.05) is 23.7 Å². The number of para-hydroxylation sites is 1. The van der Waals surface area contributed by atoms with Gasteiger partial charge in [-0.15, -0.1) is 0 Å². The minimum atomic E-state index is -0.247. The number of rotatable bonds is 4. The summed E-state index contributed by atoms with van der Waals surface area (Å²) in [5.41, 5.74) is 1.05. The quantitative estimate of drug-likeness (QED) is 0.922. The predicted octanol–water partition coefficient (Wildman–Crippen LogP) is 3.87. The second kappa shape index (κ2) is 7.03. The van der Waals surface area contributed by atoms with Gasteiger partial charge in [0.15, 0.2) is 0 Å². The molecule has 22 heavy (non-hydrogen) atoms. The summed E-state index contributed by atoms with van der Waals surface area (Å²) >= 11 is 7.91. The Balaban J connectivity index is 1.64. The molecule has 4 nitrogen and oxygen atoms in total. The van der Waals surface area contributed by atoms with Crippen molar-refractivity contribution in [2.24, 2.45) is 0 Å². The van der Waals surface area contributed by atoms with Crippen LogP contribution < -0.4 is 10.1 Å². The highest BCUT2D eigenvalue weighted by molar-refractivity contribution is 7.99. The average molecular weight is 335 g/mol. The third-order valence-corrected chi connectivity index (χ3v) is 4.76. The Bertz CT molecular complexity index is 657. The molecule has 114 valence electrons. The largest absolute Gasteiger partial charge is 0.473 e. The van der Waals surface area contributed by atoms with E-state index in [2.05, 4.69) is 10.3 Å². The molecular formula is C16H15ClN2O2S. The minimum Gasteiger partial charge on any atom is -0.473 e. The van der Waals surface area contributed by atoms with Gasteiger partial charge in [-0.3, -0.25) is 4.79 Å². The number of halogens is 1. The van der Waals surface area contributed by atoms with Crippen LogP contribution in [0.1, 0.15) is 16.8 Å². The summed E-state index contributed by atoms with van der Waals surface area (Å²) in [6.07, 6.45) is 2.78. The summed E-state index contributed by atoms with van der Waals surface area (Å²) in [4.78, 5) is 16.4. The molecule has 1 aliphatic rings. The lowest BCUT2D eigenvalue weighted by molar-refractivity contribution is 0.102. The molecule has 2 aromatic rings. The Kier molecular flexibility index (Phi) is 4.85. The maximum atomic E-state index is 12.2. The topological polar surface area (TPSA) is 51.2 Å². The van der Waals surface area contributed by atoms with Crippen LogP contribution in [0.2, 0.25) is 5.02 Å². The maximum absolute atomic E-state index is 12.2. The Morgan fingerprint density at radius 3 is 2.86 bits per heavy atom. The van der Waals surface area contributed by atoms with Crippen molar-refractivity contribution in [2.45, 2.75) is 12.5 Å². The number of anilines is 1. The first-order valence-corrected chi connectivity index (χ1v) is 8.52. The lowest BCUT2D eigenvalue weighted by Crippen LogP contribution is -2.16. The van der Waals surface area contributed by atoms with Crippen LogP contribution in [0.15, 0.2) is 42.6 Å². The van der Waals surface area contributed by atoms with Crippen LogP contribution in [-0.4, -0.2) is 28.5 Å². The number of benzene rings is 1. The highest BCUT2D eigenvalue weighted by Gasteiger charge is 2.17. The Morgan fingerprint density at radius 2 is 2.18 bits per heavy atom. The predicted molar refractivity (Wildman–Crippen MR) is 90.0 cm³/mol. The van der Waals surface area contributed by atoms with Gasteiger partial charge in [0.1, 0.15) is 6.10 Å². The van der Waals surface area contributed by atoms with E-state index in [1.165, 1.54) is 6.20 Å². The molecule has 0 spiro atoms. The molecule has 3 rings (SSSR count). The number of hydrogen-bond acceptors (Lipinski definition) is 4. The van der Waals surface area contributed by atoms with Gasteiger partial charge in [0.2, 0.25) is 5.88 Å². The first-order chi connectivity index (χ1) is 10.7. The number of nitrogens with zero attached hydrogens (tertiary/aromatic N) is 1. The van der Waals surface area contributed by atoms with Crippen LogP contribution >= 0.6 is 23.4 Å². The molecule has 1 fully saturated rings. The van der Waals surface area contributed by atoms with E-state index in [-0.39, 0.29) is 12.0 Å². The summed E-state index contributed by atoms with van der Waals surface area (Å²) in [6, 6.07) is 10.5. The van der Waals surface area contributed by atoms with Crippen LogP contribution in [0.4, 0.5) is 5.69 Å². The van der Waals surface area contributed by atoms with Gasteiger partial charge >= 0.3 is 0 Å². The van der Waals surface area contributed by atoms with Gasteiger partial charge in [-0.05, 0) is 30.4 Å². The van der Waals surface area contributed by atoms with E-state index in [1.807, 2.05) is 23.9 Å². The van der Waals surface area contributed by atoms with Gasteiger partial charge in [-0.25, -0.2) is 4.98 Å². The molecule has 0 saturated carbocycles. The summed E-state index contributed by atoms with van der Waals surface area (Å²) in [5.74, 6) is 2.43. The highest BCUT2D eigenvalue weighted by atomic mass is 35.5. The SMILES string of the molecule is O=C(Nc1ccccc1Cl)c1ccc(OC2CCSC2)nc1. The third kappa shape index (κ3) is 3.72. The van der Waals surface area contributed by atoms with Crippen molar-refractivity contribution < 1.29 is 9.53 Å². The van der Waals surface area contributed by atoms with Crippen LogP contribution in [0.3, 0.4) is 0 Å². The molecular weight excluding hydrogens is 320 g/mol. The van der Waals surface area contributed by atoms with Crippen molar-refractivity contribution >= 4 is 35.0 Å². The van der Waals surface area contributed by atoms with Crippen molar-refractivity contribution in [3.8, 4) is 5.88 Å². The second-order valence-electron chi connectivity index (χ2n) is 4.92. The van der Waals surface area contributed by atoms with Gasteiger partial charge in [-0.2, -0.15) is 11.8 Å². The summed E-state index contributed by atoms with van der Waals surface area (Å²) in [7, 11) is 0. The number of hydrogen-bond donors (Lipinski definition) is 1. The fraction of sp³-hybridized carbons (Fsp3) is 0.250. The zero-order valence-electron chi connectivity index (χ0n) is 11.8. The van der Waals surface area contributed by atoms with Crippen molar-refractivity contribution in [2.75, 3.05) is 16.8 Å². The normalized spacial score (nSPS) is 17.2. The molecule has 1 saturated heterocycles. The monoisotopic (exact) mass is 334 g/mol. The maximum Gasteiger partial charge on any atom is 0.257 e. The molecule has 1 aromatic heterocycles. The summed E-state index contributed by atoms with van der Waals surface area (Å²) in [5, 5.41) is 3.27. The van der Waals surface area contributed by atoms with Crippen molar-refractivity contribution in [3.05, 3.63) is 53.2 Å². The molecule has 1 aliphatic heterocycles. The minimum absolute atomic E-state index is 0.223. The molecule has 1 aromatic carbocycles. The van der Waals surface area contributed by atoms with E-state index in [9.17, 15) is 4.79 Å². The molecule has 1 N–H and O–H groups in total.